The van der Waals surface area contributed by atoms with Crippen molar-refractivity contribution in [2.75, 3.05) is 7.11 Å². The van der Waals surface area contributed by atoms with E-state index in [1.807, 2.05) is 28.9 Å². The normalized spacial score (nSPS) is 11.0. The van der Waals surface area contributed by atoms with E-state index in [9.17, 15) is 0 Å². The number of methoxy groups -OCH3 is 1. The van der Waals surface area contributed by atoms with Crippen molar-refractivity contribution in [1.29, 1.82) is 0 Å². The molecule has 2 aromatic rings. The van der Waals surface area contributed by atoms with E-state index in [0.29, 0.717) is 12.5 Å². The summed E-state index contributed by atoms with van der Waals surface area (Å²) < 4.78 is 7.10. The molecule has 1 aromatic carbocycles. The molecule has 0 amide bonds. The van der Waals surface area contributed by atoms with Crippen LogP contribution in [0.4, 0.5) is 0 Å². The van der Waals surface area contributed by atoms with Crippen molar-refractivity contribution in [1.82, 2.24) is 15.0 Å². The highest BCUT2D eigenvalue weighted by atomic mass is 16.5. The van der Waals surface area contributed by atoms with Gasteiger partial charge in [0.15, 0.2) is 0 Å². The number of aromatic nitrogens is 3. The molecule has 5 heteroatoms. The summed E-state index contributed by atoms with van der Waals surface area (Å²) in [7, 11) is 1.66. The lowest BCUT2D eigenvalue weighted by atomic mass is 10.1. The van der Waals surface area contributed by atoms with Crippen LogP contribution in [0.2, 0.25) is 0 Å². The molecule has 1 aromatic heterocycles. The molecule has 0 aliphatic rings. The number of rotatable bonds is 5. The van der Waals surface area contributed by atoms with Crippen LogP contribution in [0.25, 0.3) is 11.3 Å². The Balaban J connectivity index is 2.42. The third-order valence-corrected chi connectivity index (χ3v) is 2.90. The van der Waals surface area contributed by atoms with E-state index in [4.69, 9.17) is 10.5 Å². The minimum atomic E-state index is 0.388. The van der Waals surface area contributed by atoms with Gasteiger partial charge in [0.1, 0.15) is 11.4 Å². The van der Waals surface area contributed by atoms with Crippen molar-refractivity contribution in [3.8, 4) is 17.0 Å². The largest absolute Gasteiger partial charge is 0.497 e. The van der Waals surface area contributed by atoms with Crippen LogP contribution in [0, 0.1) is 5.92 Å². The predicted octanol–water partition coefficient (Wildman–Crippen LogP) is 2.07. The first-order chi connectivity index (χ1) is 9.15. The molecule has 0 aliphatic heterocycles. The second-order valence-corrected chi connectivity index (χ2v) is 4.89. The number of benzene rings is 1. The van der Waals surface area contributed by atoms with Crippen LogP contribution >= 0.6 is 0 Å². The van der Waals surface area contributed by atoms with Crippen LogP contribution in [0.15, 0.2) is 24.3 Å². The van der Waals surface area contributed by atoms with Crippen LogP contribution in [0.5, 0.6) is 5.75 Å². The zero-order valence-corrected chi connectivity index (χ0v) is 11.6. The number of nitrogens with zero attached hydrogens (tertiary/aromatic N) is 3. The summed E-state index contributed by atoms with van der Waals surface area (Å²) >= 11 is 0. The zero-order valence-electron chi connectivity index (χ0n) is 11.6. The monoisotopic (exact) mass is 260 g/mol. The highest BCUT2D eigenvalue weighted by Crippen LogP contribution is 2.25. The van der Waals surface area contributed by atoms with Gasteiger partial charge < -0.3 is 10.5 Å². The fraction of sp³-hybridized carbons (Fsp3) is 0.429. The number of hydrogen-bond donors (Lipinski definition) is 1. The standard InChI is InChI=1S/C14H20N4O/c1-10(2)9-18-14(13(8-15)16-17-18)11-4-6-12(19-3)7-5-11/h4-7,10H,8-9,15H2,1-3H3. The van der Waals surface area contributed by atoms with Crippen LogP contribution in [0.3, 0.4) is 0 Å². The predicted molar refractivity (Wildman–Crippen MR) is 74.7 cm³/mol. The summed E-state index contributed by atoms with van der Waals surface area (Å²) in [5.74, 6) is 1.34. The Hall–Kier alpha value is -1.88. The van der Waals surface area contributed by atoms with Crippen LogP contribution in [0.1, 0.15) is 19.5 Å². The summed E-state index contributed by atoms with van der Waals surface area (Å²) in [4.78, 5) is 0. The fourth-order valence-corrected chi connectivity index (χ4v) is 2.02. The van der Waals surface area contributed by atoms with Crippen molar-refractivity contribution < 1.29 is 4.74 Å². The van der Waals surface area contributed by atoms with Gasteiger partial charge in [-0.15, -0.1) is 5.10 Å². The molecular weight excluding hydrogens is 240 g/mol. The van der Waals surface area contributed by atoms with Gasteiger partial charge in [-0.25, -0.2) is 4.68 Å². The Morgan fingerprint density at radius 2 is 1.95 bits per heavy atom. The van der Waals surface area contributed by atoms with Crippen molar-refractivity contribution in [3.63, 3.8) is 0 Å². The van der Waals surface area contributed by atoms with Gasteiger partial charge in [0.2, 0.25) is 0 Å². The van der Waals surface area contributed by atoms with Crippen LogP contribution < -0.4 is 10.5 Å². The molecule has 0 spiro atoms. The lowest BCUT2D eigenvalue weighted by molar-refractivity contribution is 0.415. The second-order valence-electron chi connectivity index (χ2n) is 4.89. The molecular formula is C14H20N4O. The first-order valence-electron chi connectivity index (χ1n) is 6.42. The molecule has 0 saturated carbocycles. The van der Waals surface area contributed by atoms with E-state index in [-0.39, 0.29) is 0 Å². The van der Waals surface area contributed by atoms with Gasteiger partial charge in [-0.1, -0.05) is 19.1 Å². The molecule has 0 aliphatic carbocycles. The van der Waals surface area contributed by atoms with Gasteiger partial charge in [-0.3, -0.25) is 0 Å². The van der Waals surface area contributed by atoms with Gasteiger partial charge in [0.05, 0.1) is 12.8 Å². The molecule has 102 valence electrons. The Kier molecular flexibility index (Phi) is 4.16. The highest BCUT2D eigenvalue weighted by Gasteiger charge is 2.14. The molecule has 0 saturated heterocycles. The molecule has 1 heterocycles. The molecule has 0 bridgehead atoms. The maximum Gasteiger partial charge on any atom is 0.118 e. The van der Waals surface area contributed by atoms with Crippen molar-refractivity contribution in [2.24, 2.45) is 11.7 Å². The number of nitrogens with two attached hydrogens (primary N) is 1. The molecule has 0 unspecified atom stereocenters. The average molecular weight is 260 g/mol. The fourth-order valence-electron chi connectivity index (χ4n) is 2.02. The first-order valence-corrected chi connectivity index (χ1v) is 6.42. The van der Waals surface area contributed by atoms with E-state index in [1.54, 1.807) is 7.11 Å². The quantitative estimate of drug-likeness (QED) is 0.893. The molecule has 0 fully saturated rings. The second kappa shape index (κ2) is 5.84. The lowest BCUT2D eigenvalue weighted by Crippen LogP contribution is -2.08. The van der Waals surface area contributed by atoms with Crippen LogP contribution in [-0.4, -0.2) is 22.1 Å². The van der Waals surface area contributed by atoms with Gasteiger partial charge in [-0.2, -0.15) is 0 Å². The summed E-state index contributed by atoms with van der Waals surface area (Å²) in [6.45, 7) is 5.52. The summed E-state index contributed by atoms with van der Waals surface area (Å²) in [6.07, 6.45) is 0. The topological polar surface area (TPSA) is 66.0 Å². The molecule has 0 atom stereocenters. The molecule has 0 radical (unpaired) electrons. The first kappa shape index (κ1) is 13.5. The van der Waals surface area contributed by atoms with Crippen molar-refractivity contribution in [2.45, 2.75) is 26.9 Å². The number of ether oxygens (including phenoxy) is 1. The van der Waals surface area contributed by atoms with E-state index in [2.05, 4.69) is 24.2 Å². The van der Waals surface area contributed by atoms with E-state index < -0.39 is 0 Å². The Labute approximate surface area is 113 Å². The summed E-state index contributed by atoms with van der Waals surface area (Å²) in [5, 5.41) is 8.36. The Morgan fingerprint density at radius 1 is 1.26 bits per heavy atom. The summed E-state index contributed by atoms with van der Waals surface area (Å²) in [5.41, 5.74) is 8.63. The van der Waals surface area contributed by atoms with Crippen molar-refractivity contribution >= 4 is 0 Å². The highest BCUT2D eigenvalue weighted by molar-refractivity contribution is 5.62. The molecule has 19 heavy (non-hydrogen) atoms. The van der Waals surface area contributed by atoms with Gasteiger partial charge in [-0.05, 0) is 30.2 Å². The lowest BCUT2D eigenvalue weighted by Gasteiger charge is -2.10. The molecule has 2 rings (SSSR count). The average Bonchev–Trinajstić information content (AvgIpc) is 2.81. The smallest absolute Gasteiger partial charge is 0.118 e. The summed E-state index contributed by atoms with van der Waals surface area (Å²) in [6, 6.07) is 7.88. The minimum absolute atomic E-state index is 0.388. The third kappa shape index (κ3) is 2.93. The molecule has 5 nitrogen and oxygen atoms in total. The minimum Gasteiger partial charge on any atom is -0.497 e. The molecule has 2 N–H and O–H groups in total. The van der Waals surface area contributed by atoms with Gasteiger partial charge in [0, 0.05) is 18.7 Å². The Morgan fingerprint density at radius 3 is 2.47 bits per heavy atom. The van der Waals surface area contributed by atoms with Crippen molar-refractivity contribution in [3.05, 3.63) is 30.0 Å². The van der Waals surface area contributed by atoms with E-state index in [1.165, 1.54) is 0 Å². The zero-order chi connectivity index (χ0) is 13.8. The maximum absolute atomic E-state index is 5.75. The maximum atomic E-state index is 5.75. The SMILES string of the molecule is COc1ccc(-c2c(CN)nnn2CC(C)C)cc1. The van der Waals surface area contributed by atoms with E-state index in [0.717, 1.165) is 29.2 Å². The Bertz CT molecular complexity index is 531. The van der Waals surface area contributed by atoms with E-state index >= 15 is 0 Å². The van der Waals surface area contributed by atoms with Gasteiger partial charge >= 0.3 is 0 Å². The third-order valence-electron chi connectivity index (χ3n) is 2.90. The number of hydrogen-bond acceptors (Lipinski definition) is 4. The van der Waals surface area contributed by atoms with Crippen LogP contribution in [-0.2, 0) is 13.1 Å². The van der Waals surface area contributed by atoms with Gasteiger partial charge in [0.25, 0.3) is 0 Å².